The van der Waals surface area contributed by atoms with Crippen molar-refractivity contribution >= 4 is 23.3 Å². The monoisotopic (exact) mass is 308 g/mol. The summed E-state index contributed by atoms with van der Waals surface area (Å²) in [6.07, 6.45) is 0. The zero-order chi connectivity index (χ0) is 15.2. The number of nitrogens with one attached hydrogen (secondary N) is 2. The van der Waals surface area contributed by atoms with E-state index in [0.29, 0.717) is 10.7 Å². The molecule has 0 aromatic heterocycles. The van der Waals surface area contributed by atoms with Crippen LogP contribution in [0.5, 0.6) is 0 Å². The van der Waals surface area contributed by atoms with Crippen LogP contribution in [0, 0.1) is 5.82 Å². The van der Waals surface area contributed by atoms with Gasteiger partial charge in [0, 0.05) is 10.7 Å². The number of aliphatic hydroxyl groups is 1. The van der Waals surface area contributed by atoms with Crippen molar-refractivity contribution in [2.75, 3.05) is 11.9 Å². The fourth-order valence-electron chi connectivity index (χ4n) is 1.79. The second kappa shape index (κ2) is 7.06. The zero-order valence-electron chi connectivity index (χ0n) is 11.0. The van der Waals surface area contributed by atoms with E-state index in [0.717, 1.165) is 5.56 Å². The Kier molecular flexibility index (Phi) is 5.14. The van der Waals surface area contributed by atoms with Crippen LogP contribution in [-0.4, -0.2) is 17.7 Å². The van der Waals surface area contributed by atoms with Crippen LogP contribution < -0.4 is 10.6 Å². The number of carbonyl (C=O) groups is 1. The van der Waals surface area contributed by atoms with E-state index in [1.807, 2.05) is 0 Å². The molecule has 110 valence electrons. The number of hydrogen-bond donors (Lipinski definition) is 3. The minimum atomic E-state index is -0.553. The van der Waals surface area contributed by atoms with Crippen LogP contribution in [0.15, 0.2) is 48.5 Å². The average molecular weight is 309 g/mol. The Labute approximate surface area is 126 Å². The Balaban J connectivity index is 1.99. The first-order chi connectivity index (χ1) is 10.1. The van der Waals surface area contributed by atoms with E-state index in [-0.39, 0.29) is 12.4 Å². The van der Waals surface area contributed by atoms with Gasteiger partial charge in [-0.05, 0) is 42.0 Å². The van der Waals surface area contributed by atoms with Gasteiger partial charge in [0.1, 0.15) is 5.82 Å². The van der Waals surface area contributed by atoms with Crippen LogP contribution in [0.4, 0.5) is 14.9 Å². The highest BCUT2D eigenvalue weighted by Gasteiger charge is 2.13. The van der Waals surface area contributed by atoms with Gasteiger partial charge in [0.2, 0.25) is 0 Å². The van der Waals surface area contributed by atoms with E-state index in [1.54, 1.807) is 24.3 Å². The van der Waals surface area contributed by atoms with Crippen molar-refractivity contribution in [3.63, 3.8) is 0 Å². The SMILES string of the molecule is O=C(Nc1ccc(F)cc1)NC(CO)c1ccc(Cl)cc1. The zero-order valence-corrected chi connectivity index (χ0v) is 11.8. The normalized spacial score (nSPS) is 11.8. The van der Waals surface area contributed by atoms with Crippen molar-refractivity contribution in [3.8, 4) is 0 Å². The van der Waals surface area contributed by atoms with Gasteiger partial charge in [-0.3, -0.25) is 0 Å². The highest BCUT2D eigenvalue weighted by Crippen LogP contribution is 2.16. The lowest BCUT2D eigenvalue weighted by molar-refractivity contribution is 0.225. The van der Waals surface area contributed by atoms with Gasteiger partial charge >= 0.3 is 6.03 Å². The highest BCUT2D eigenvalue weighted by atomic mass is 35.5. The molecule has 0 aliphatic heterocycles. The van der Waals surface area contributed by atoms with Crippen LogP contribution in [0.3, 0.4) is 0 Å². The maximum atomic E-state index is 12.8. The Morgan fingerprint density at radius 1 is 1.14 bits per heavy atom. The molecule has 0 heterocycles. The summed E-state index contributed by atoms with van der Waals surface area (Å²) < 4.78 is 12.8. The summed E-state index contributed by atoms with van der Waals surface area (Å²) >= 11 is 5.79. The van der Waals surface area contributed by atoms with Crippen LogP contribution in [-0.2, 0) is 0 Å². The van der Waals surface area contributed by atoms with Crippen LogP contribution >= 0.6 is 11.6 Å². The molecule has 3 N–H and O–H groups in total. The third kappa shape index (κ3) is 4.44. The second-order valence-corrected chi connectivity index (χ2v) is 4.83. The molecule has 0 aliphatic carbocycles. The molecular formula is C15H14ClFN2O2. The Hall–Kier alpha value is -2.11. The van der Waals surface area contributed by atoms with Gasteiger partial charge in [0.05, 0.1) is 12.6 Å². The molecule has 0 bridgehead atoms. The minimum absolute atomic E-state index is 0.252. The van der Waals surface area contributed by atoms with Crippen molar-refractivity contribution in [2.45, 2.75) is 6.04 Å². The lowest BCUT2D eigenvalue weighted by Crippen LogP contribution is -2.34. The van der Waals surface area contributed by atoms with Gasteiger partial charge in [-0.1, -0.05) is 23.7 Å². The Morgan fingerprint density at radius 3 is 2.33 bits per heavy atom. The number of amides is 2. The van der Waals surface area contributed by atoms with E-state index < -0.39 is 12.1 Å². The smallest absolute Gasteiger partial charge is 0.319 e. The first kappa shape index (κ1) is 15.3. The predicted octanol–water partition coefficient (Wildman–Crippen LogP) is 3.33. The fraction of sp³-hybridized carbons (Fsp3) is 0.133. The maximum absolute atomic E-state index is 12.8. The molecule has 6 heteroatoms. The van der Waals surface area contributed by atoms with Gasteiger partial charge in [-0.15, -0.1) is 0 Å². The molecule has 1 atom stereocenters. The molecule has 0 saturated carbocycles. The summed E-state index contributed by atoms with van der Waals surface area (Å²) in [4.78, 5) is 11.9. The quantitative estimate of drug-likeness (QED) is 0.811. The predicted molar refractivity (Wildman–Crippen MR) is 79.8 cm³/mol. The number of urea groups is 1. The minimum Gasteiger partial charge on any atom is -0.394 e. The molecule has 0 fully saturated rings. The largest absolute Gasteiger partial charge is 0.394 e. The molecule has 4 nitrogen and oxygen atoms in total. The third-order valence-electron chi connectivity index (χ3n) is 2.86. The van der Waals surface area contributed by atoms with Crippen LogP contribution in [0.1, 0.15) is 11.6 Å². The van der Waals surface area contributed by atoms with Crippen molar-refractivity contribution < 1.29 is 14.3 Å². The molecule has 21 heavy (non-hydrogen) atoms. The van der Waals surface area contributed by atoms with Crippen LogP contribution in [0.25, 0.3) is 0 Å². The summed E-state index contributed by atoms with van der Waals surface area (Å²) in [5, 5.41) is 15.1. The summed E-state index contributed by atoms with van der Waals surface area (Å²) in [5.41, 5.74) is 1.19. The molecule has 0 spiro atoms. The number of hydrogen-bond acceptors (Lipinski definition) is 2. The molecule has 2 amide bonds. The Morgan fingerprint density at radius 2 is 1.76 bits per heavy atom. The number of anilines is 1. The lowest BCUT2D eigenvalue weighted by atomic mass is 10.1. The summed E-state index contributed by atoms with van der Waals surface area (Å²) in [6.45, 7) is -0.252. The summed E-state index contributed by atoms with van der Waals surface area (Å²) in [6, 6.07) is 11.2. The molecule has 0 saturated heterocycles. The molecule has 1 unspecified atom stereocenters. The van der Waals surface area contributed by atoms with E-state index >= 15 is 0 Å². The number of benzene rings is 2. The van der Waals surface area contributed by atoms with Crippen molar-refractivity contribution in [1.29, 1.82) is 0 Å². The molecule has 0 aliphatic rings. The van der Waals surface area contributed by atoms with Gasteiger partial charge in [-0.2, -0.15) is 0 Å². The molecule has 0 radical (unpaired) electrons. The number of halogens is 2. The van der Waals surface area contributed by atoms with E-state index in [1.165, 1.54) is 24.3 Å². The standard InChI is InChI=1S/C15H14ClFN2O2/c16-11-3-1-10(2-4-11)14(9-20)19-15(21)18-13-7-5-12(17)6-8-13/h1-8,14,20H,9H2,(H2,18,19,21). The number of carbonyl (C=O) groups excluding carboxylic acids is 1. The lowest BCUT2D eigenvalue weighted by Gasteiger charge is -2.17. The molecular weight excluding hydrogens is 295 g/mol. The van der Waals surface area contributed by atoms with Crippen molar-refractivity contribution in [1.82, 2.24) is 5.32 Å². The van der Waals surface area contributed by atoms with Crippen molar-refractivity contribution in [3.05, 3.63) is 64.9 Å². The fourth-order valence-corrected chi connectivity index (χ4v) is 1.91. The topological polar surface area (TPSA) is 61.4 Å². The van der Waals surface area contributed by atoms with E-state index in [2.05, 4.69) is 10.6 Å². The summed E-state index contributed by atoms with van der Waals surface area (Å²) in [7, 11) is 0. The molecule has 2 rings (SSSR count). The summed E-state index contributed by atoms with van der Waals surface area (Å²) in [5.74, 6) is -0.379. The third-order valence-corrected chi connectivity index (χ3v) is 3.11. The van der Waals surface area contributed by atoms with E-state index in [4.69, 9.17) is 11.6 Å². The number of rotatable bonds is 4. The first-order valence-corrected chi connectivity index (χ1v) is 6.65. The van der Waals surface area contributed by atoms with Gasteiger partial charge in [0.25, 0.3) is 0 Å². The van der Waals surface area contributed by atoms with Gasteiger partial charge < -0.3 is 15.7 Å². The second-order valence-electron chi connectivity index (χ2n) is 4.39. The molecule has 2 aromatic rings. The number of aliphatic hydroxyl groups excluding tert-OH is 1. The average Bonchev–Trinajstić information content (AvgIpc) is 2.48. The van der Waals surface area contributed by atoms with E-state index in [9.17, 15) is 14.3 Å². The first-order valence-electron chi connectivity index (χ1n) is 6.28. The van der Waals surface area contributed by atoms with Crippen LogP contribution in [0.2, 0.25) is 5.02 Å². The molecule has 2 aromatic carbocycles. The van der Waals surface area contributed by atoms with Crippen molar-refractivity contribution in [2.24, 2.45) is 0 Å². The Bertz CT molecular complexity index is 602. The highest BCUT2D eigenvalue weighted by molar-refractivity contribution is 6.30. The van der Waals surface area contributed by atoms with Gasteiger partial charge in [-0.25, -0.2) is 9.18 Å². The van der Waals surface area contributed by atoms with Gasteiger partial charge in [0.15, 0.2) is 0 Å². The maximum Gasteiger partial charge on any atom is 0.319 e.